The molecule has 0 fully saturated rings. The molecule has 14 heavy (non-hydrogen) atoms. The summed E-state index contributed by atoms with van der Waals surface area (Å²) in [6.07, 6.45) is 4.03. The van der Waals surface area contributed by atoms with E-state index < -0.39 is 0 Å². The molecule has 0 aliphatic heterocycles. The maximum absolute atomic E-state index is 5.34. The van der Waals surface area contributed by atoms with Crippen LogP contribution in [-0.4, -0.2) is 19.4 Å². The van der Waals surface area contributed by atoms with Crippen molar-refractivity contribution in [3.05, 3.63) is 36.4 Å². The second-order valence-electron chi connectivity index (χ2n) is 2.67. The first-order valence-electron chi connectivity index (χ1n) is 4.49. The summed E-state index contributed by atoms with van der Waals surface area (Å²) in [6, 6.07) is 8.00. The summed E-state index contributed by atoms with van der Waals surface area (Å²) in [4.78, 5) is 1.16. The monoisotopic (exact) mass is 209 g/mol. The van der Waals surface area contributed by atoms with E-state index in [0.29, 0.717) is 6.54 Å². The van der Waals surface area contributed by atoms with Crippen molar-refractivity contribution in [3.63, 3.8) is 0 Å². The quantitative estimate of drug-likeness (QED) is 0.597. The summed E-state index contributed by atoms with van der Waals surface area (Å²) in [5.74, 6) is 1.86. The van der Waals surface area contributed by atoms with Crippen LogP contribution in [0.25, 0.3) is 0 Å². The molecule has 0 amide bonds. The Morgan fingerprint density at radius 3 is 2.86 bits per heavy atom. The lowest BCUT2D eigenvalue weighted by Crippen LogP contribution is -1.92. The molecule has 0 aliphatic rings. The van der Waals surface area contributed by atoms with Gasteiger partial charge in [0.15, 0.2) is 0 Å². The molecular weight excluding hydrogens is 194 g/mol. The third kappa shape index (κ3) is 3.44. The smallest absolute Gasteiger partial charge is 0.132 e. The molecule has 0 radical (unpaired) electrons. The average molecular weight is 209 g/mol. The number of benzene rings is 1. The van der Waals surface area contributed by atoms with Crippen LogP contribution in [0.5, 0.6) is 5.75 Å². The number of hydrogen-bond acceptors (Lipinski definition) is 3. The van der Waals surface area contributed by atoms with E-state index in [9.17, 15) is 0 Å². The van der Waals surface area contributed by atoms with Crippen molar-refractivity contribution < 1.29 is 4.74 Å². The Morgan fingerprint density at radius 2 is 2.14 bits per heavy atom. The Morgan fingerprint density at radius 1 is 1.36 bits per heavy atom. The first kappa shape index (κ1) is 11.1. The number of thioether (sulfide) groups is 1. The maximum atomic E-state index is 5.34. The third-order valence-electron chi connectivity index (χ3n) is 1.71. The number of hydrogen-bond donors (Lipinski definition) is 1. The largest absolute Gasteiger partial charge is 0.496 e. The van der Waals surface area contributed by atoms with Crippen molar-refractivity contribution >= 4 is 11.8 Å². The Labute approximate surface area is 89.1 Å². The van der Waals surface area contributed by atoms with Gasteiger partial charge in [-0.1, -0.05) is 24.3 Å². The lowest BCUT2D eigenvalue weighted by atomic mass is 10.3. The van der Waals surface area contributed by atoms with Gasteiger partial charge in [0, 0.05) is 17.2 Å². The SMILES string of the molecule is COc1ccccc1SCC=CCN. The van der Waals surface area contributed by atoms with E-state index in [1.165, 1.54) is 0 Å². The van der Waals surface area contributed by atoms with E-state index in [-0.39, 0.29) is 0 Å². The van der Waals surface area contributed by atoms with Gasteiger partial charge in [0.05, 0.1) is 7.11 Å². The summed E-state index contributed by atoms with van der Waals surface area (Å²) in [5.41, 5.74) is 5.34. The molecule has 0 bridgehead atoms. The molecule has 76 valence electrons. The zero-order valence-electron chi connectivity index (χ0n) is 8.27. The van der Waals surface area contributed by atoms with Gasteiger partial charge in [-0.3, -0.25) is 0 Å². The molecule has 0 spiro atoms. The summed E-state index contributed by atoms with van der Waals surface area (Å²) in [7, 11) is 1.69. The molecule has 0 unspecified atom stereocenters. The minimum Gasteiger partial charge on any atom is -0.496 e. The van der Waals surface area contributed by atoms with Crippen molar-refractivity contribution in [2.24, 2.45) is 5.73 Å². The van der Waals surface area contributed by atoms with Crippen molar-refractivity contribution in [2.75, 3.05) is 19.4 Å². The second-order valence-corrected chi connectivity index (χ2v) is 3.73. The Balaban J connectivity index is 2.53. The fourth-order valence-electron chi connectivity index (χ4n) is 1.04. The standard InChI is InChI=1S/C11H15NOS/c1-13-10-6-2-3-7-11(10)14-9-5-4-8-12/h2-7H,8-9,12H2,1H3. The summed E-state index contributed by atoms with van der Waals surface area (Å²) in [6.45, 7) is 0.604. The molecule has 0 atom stereocenters. The van der Waals surface area contributed by atoms with Gasteiger partial charge in [0.1, 0.15) is 5.75 Å². The maximum Gasteiger partial charge on any atom is 0.132 e. The van der Waals surface area contributed by atoms with Crippen LogP contribution >= 0.6 is 11.8 Å². The molecule has 3 heteroatoms. The second kappa shape index (κ2) is 6.51. The van der Waals surface area contributed by atoms with Gasteiger partial charge in [0.2, 0.25) is 0 Å². The molecule has 1 aromatic carbocycles. The third-order valence-corrected chi connectivity index (χ3v) is 2.71. The Hall–Kier alpha value is -0.930. The van der Waals surface area contributed by atoms with Crippen molar-refractivity contribution in [1.29, 1.82) is 0 Å². The Kier molecular flexibility index (Phi) is 5.19. The molecule has 2 nitrogen and oxygen atoms in total. The highest BCUT2D eigenvalue weighted by molar-refractivity contribution is 7.99. The van der Waals surface area contributed by atoms with Crippen molar-refractivity contribution in [3.8, 4) is 5.75 Å². The highest BCUT2D eigenvalue weighted by Crippen LogP contribution is 2.28. The van der Waals surface area contributed by atoms with Gasteiger partial charge in [0.25, 0.3) is 0 Å². The highest BCUT2D eigenvalue weighted by atomic mass is 32.2. The molecule has 0 heterocycles. The summed E-state index contributed by atoms with van der Waals surface area (Å²) < 4.78 is 5.23. The van der Waals surface area contributed by atoms with Crippen LogP contribution in [0.2, 0.25) is 0 Å². The molecule has 1 aromatic rings. The molecule has 0 aromatic heterocycles. The van der Waals surface area contributed by atoms with E-state index in [1.807, 2.05) is 24.3 Å². The van der Waals surface area contributed by atoms with Crippen molar-refractivity contribution in [1.82, 2.24) is 0 Å². The van der Waals surface area contributed by atoms with E-state index in [0.717, 1.165) is 16.4 Å². The van der Waals surface area contributed by atoms with Gasteiger partial charge in [-0.15, -0.1) is 11.8 Å². The zero-order valence-corrected chi connectivity index (χ0v) is 9.09. The molecule has 0 aliphatic carbocycles. The molecular formula is C11H15NOS. The number of para-hydroxylation sites is 1. The van der Waals surface area contributed by atoms with Crippen LogP contribution in [0.4, 0.5) is 0 Å². The average Bonchev–Trinajstić information content (AvgIpc) is 2.25. The normalized spacial score (nSPS) is 10.7. The van der Waals surface area contributed by atoms with Crippen molar-refractivity contribution in [2.45, 2.75) is 4.90 Å². The molecule has 1 rings (SSSR count). The fourth-order valence-corrected chi connectivity index (χ4v) is 1.92. The van der Waals surface area contributed by atoms with Gasteiger partial charge < -0.3 is 10.5 Å². The molecule has 2 N–H and O–H groups in total. The fraction of sp³-hybridized carbons (Fsp3) is 0.273. The van der Waals surface area contributed by atoms with E-state index >= 15 is 0 Å². The van der Waals surface area contributed by atoms with Gasteiger partial charge >= 0.3 is 0 Å². The first-order chi connectivity index (χ1) is 6.88. The van der Waals surface area contributed by atoms with E-state index in [2.05, 4.69) is 12.1 Å². The minimum atomic E-state index is 0.604. The van der Waals surface area contributed by atoms with Crippen LogP contribution in [0.1, 0.15) is 0 Å². The Bertz CT molecular complexity index is 299. The molecule has 0 saturated carbocycles. The van der Waals surface area contributed by atoms with Crippen LogP contribution in [-0.2, 0) is 0 Å². The van der Waals surface area contributed by atoms with Gasteiger partial charge in [-0.2, -0.15) is 0 Å². The summed E-state index contributed by atoms with van der Waals surface area (Å²) in [5, 5.41) is 0. The molecule has 0 saturated heterocycles. The number of nitrogens with two attached hydrogens (primary N) is 1. The lowest BCUT2D eigenvalue weighted by molar-refractivity contribution is 0.405. The number of ether oxygens (including phenoxy) is 1. The van der Waals surface area contributed by atoms with Crippen LogP contribution < -0.4 is 10.5 Å². The number of methoxy groups -OCH3 is 1. The summed E-state index contributed by atoms with van der Waals surface area (Å²) >= 11 is 1.74. The van der Waals surface area contributed by atoms with Crippen LogP contribution in [0.3, 0.4) is 0 Å². The first-order valence-corrected chi connectivity index (χ1v) is 5.48. The predicted molar refractivity (Wildman–Crippen MR) is 61.9 cm³/mol. The highest BCUT2D eigenvalue weighted by Gasteiger charge is 1.99. The van der Waals surface area contributed by atoms with E-state index in [1.54, 1.807) is 18.9 Å². The van der Waals surface area contributed by atoms with Gasteiger partial charge in [-0.05, 0) is 12.1 Å². The minimum absolute atomic E-state index is 0.604. The lowest BCUT2D eigenvalue weighted by Gasteiger charge is -2.05. The van der Waals surface area contributed by atoms with Crippen LogP contribution in [0.15, 0.2) is 41.3 Å². The van der Waals surface area contributed by atoms with Crippen LogP contribution in [0, 0.1) is 0 Å². The van der Waals surface area contributed by atoms with Gasteiger partial charge in [-0.25, -0.2) is 0 Å². The topological polar surface area (TPSA) is 35.2 Å². The number of rotatable bonds is 5. The zero-order chi connectivity index (χ0) is 10.2. The van der Waals surface area contributed by atoms with E-state index in [4.69, 9.17) is 10.5 Å². The predicted octanol–water partition coefficient (Wildman–Crippen LogP) is 2.30.